The molecule has 0 aromatic carbocycles. The molecule has 2 saturated heterocycles. The van der Waals surface area contributed by atoms with Crippen LogP contribution < -0.4 is 10.6 Å². The Balaban J connectivity index is 1.34. The molecule has 0 saturated carbocycles. The minimum Gasteiger partial charge on any atom is -0.340 e. The van der Waals surface area contributed by atoms with E-state index >= 15 is 0 Å². The number of likely N-dealkylation sites (tertiary alicyclic amines) is 1. The highest BCUT2D eigenvalue weighted by Gasteiger charge is 2.31. The third-order valence-electron chi connectivity index (χ3n) is 7.10. The number of nitrogens with zero attached hydrogens (tertiary/aromatic N) is 4. The summed E-state index contributed by atoms with van der Waals surface area (Å²) >= 11 is 0. The molecule has 0 aromatic heterocycles. The molecular weight excluding hydrogens is 416 g/mol. The van der Waals surface area contributed by atoms with Crippen LogP contribution >= 0.6 is 0 Å². The SMILES string of the molecule is CCCN1CCN(CCCNC(=O)NC2CCN(C(=O)CC)C(CCC3=NC=CC3)C2)CC1. The van der Waals surface area contributed by atoms with Crippen molar-refractivity contribution >= 4 is 17.6 Å². The minimum absolute atomic E-state index is 0.0776. The van der Waals surface area contributed by atoms with E-state index in [9.17, 15) is 9.59 Å². The average Bonchev–Trinajstić information content (AvgIpc) is 3.35. The third kappa shape index (κ3) is 8.41. The molecule has 3 amide bonds. The van der Waals surface area contributed by atoms with Crippen LogP contribution in [-0.4, -0.2) is 96.8 Å². The summed E-state index contributed by atoms with van der Waals surface area (Å²) in [5.41, 5.74) is 1.19. The summed E-state index contributed by atoms with van der Waals surface area (Å²) in [6, 6.07) is 0.212. The summed E-state index contributed by atoms with van der Waals surface area (Å²) in [6.07, 6.45) is 11.1. The zero-order valence-corrected chi connectivity index (χ0v) is 20.7. The van der Waals surface area contributed by atoms with Gasteiger partial charge in [0.15, 0.2) is 0 Å². The van der Waals surface area contributed by atoms with E-state index < -0.39 is 0 Å². The molecule has 0 aliphatic carbocycles. The molecule has 3 rings (SSSR count). The molecule has 8 nitrogen and oxygen atoms in total. The molecular formula is C25H44N6O2. The van der Waals surface area contributed by atoms with Gasteiger partial charge < -0.3 is 25.3 Å². The van der Waals surface area contributed by atoms with Gasteiger partial charge in [0.2, 0.25) is 5.91 Å². The number of amides is 3. The van der Waals surface area contributed by atoms with E-state index in [1.54, 1.807) is 0 Å². The van der Waals surface area contributed by atoms with Gasteiger partial charge in [0.25, 0.3) is 0 Å². The van der Waals surface area contributed by atoms with Gasteiger partial charge in [-0.3, -0.25) is 9.79 Å². The van der Waals surface area contributed by atoms with Crippen LogP contribution in [0.4, 0.5) is 4.79 Å². The molecule has 2 N–H and O–H groups in total. The van der Waals surface area contributed by atoms with Crippen LogP contribution in [0.5, 0.6) is 0 Å². The monoisotopic (exact) mass is 460 g/mol. The number of hydrogen-bond donors (Lipinski definition) is 2. The minimum atomic E-state index is -0.0776. The van der Waals surface area contributed by atoms with Crippen LogP contribution in [0.25, 0.3) is 0 Å². The molecule has 0 aromatic rings. The van der Waals surface area contributed by atoms with E-state index in [0.717, 1.165) is 77.8 Å². The van der Waals surface area contributed by atoms with Gasteiger partial charge in [-0.25, -0.2) is 4.79 Å². The molecule has 2 atom stereocenters. The number of allylic oxidation sites excluding steroid dienone is 1. The second kappa shape index (κ2) is 13.7. The molecule has 2 unspecified atom stereocenters. The first-order chi connectivity index (χ1) is 16.1. The fourth-order valence-corrected chi connectivity index (χ4v) is 5.18. The van der Waals surface area contributed by atoms with Gasteiger partial charge in [0.05, 0.1) is 0 Å². The highest BCUT2D eigenvalue weighted by atomic mass is 16.2. The standard InChI is InChI=1S/C25H44N6O2/c1-3-13-29-16-18-30(19-17-29)14-6-12-27-25(33)28-22-10-15-31(24(32)4-2)23(20-22)9-8-21-7-5-11-26-21/h5,11,22-23H,3-4,6-10,12-20H2,1-2H3,(H2,27,28,33). The largest absolute Gasteiger partial charge is 0.340 e. The molecule has 186 valence electrons. The van der Waals surface area contributed by atoms with Crippen LogP contribution in [0.1, 0.15) is 65.2 Å². The van der Waals surface area contributed by atoms with Gasteiger partial charge >= 0.3 is 6.03 Å². The molecule has 2 fully saturated rings. The zero-order valence-electron chi connectivity index (χ0n) is 20.7. The number of piperidine rings is 1. The van der Waals surface area contributed by atoms with Crippen molar-refractivity contribution in [3.8, 4) is 0 Å². The lowest BCUT2D eigenvalue weighted by Gasteiger charge is -2.40. The Morgan fingerprint density at radius 3 is 2.52 bits per heavy atom. The molecule has 0 radical (unpaired) electrons. The normalized spacial score (nSPS) is 24.1. The maximum atomic E-state index is 12.5. The summed E-state index contributed by atoms with van der Waals surface area (Å²) in [5.74, 6) is 0.213. The van der Waals surface area contributed by atoms with Crippen LogP contribution in [0, 0.1) is 0 Å². The number of rotatable bonds is 11. The summed E-state index contributed by atoms with van der Waals surface area (Å²) in [6.45, 7) is 12.4. The number of aliphatic imine (C=N–C) groups is 1. The Hall–Kier alpha value is -1.93. The Morgan fingerprint density at radius 1 is 1.09 bits per heavy atom. The van der Waals surface area contributed by atoms with Gasteiger partial charge in [0.1, 0.15) is 0 Å². The van der Waals surface area contributed by atoms with Crippen molar-refractivity contribution in [3.05, 3.63) is 12.3 Å². The Morgan fingerprint density at radius 2 is 1.85 bits per heavy atom. The van der Waals surface area contributed by atoms with Crippen molar-refractivity contribution in [2.45, 2.75) is 77.3 Å². The maximum absolute atomic E-state index is 12.5. The molecule has 33 heavy (non-hydrogen) atoms. The Labute approximate surface area is 199 Å². The van der Waals surface area contributed by atoms with Crippen LogP contribution in [0.15, 0.2) is 17.3 Å². The molecule has 3 aliphatic rings. The summed E-state index contributed by atoms with van der Waals surface area (Å²) in [5, 5.41) is 6.20. The molecule has 0 spiro atoms. The van der Waals surface area contributed by atoms with Gasteiger partial charge in [-0.15, -0.1) is 0 Å². The van der Waals surface area contributed by atoms with E-state index in [4.69, 9.17) is 0 Å². The van der Waals surface area contributed by atoms with E-state index in [1.807, 2.05) is 18.0 Å². The number of piperazine rings is 1. The Kier molecular flexibility index (Phi) is 10.7. The summed E-state index contributed by atoms with van der Waals surface area (Å²) < 4.78 is 0. The van der Waals surface area contributed by atoms with Crippen molar-refractivity contribution in [2.24, 2.45) is 4.99 Å². The molecule has 0 bridgehead atoms. The highest BCUT2D eigenvalue weighted by molar-refractivity contribution is 5.88. The van der Waals surface area contributed by atoms with Crippen LogP contribution in [0.2, 0.25) is 0 Å². The van der Waals surface area contributed by atoms with E-state index in [0.29, 0.717) is 13.0 Å². The second-order valence-corrected chi connectivity index (χ2v) is 9.58. The number of nitrogens with one attached hydrogen (secondary N) is 2. The topological polar surface area (TPSA) is 80.3 Å². The molecule has 3 aliphatic heterocycles. The van der Waals surface area contributed by atoms with Gasteiger partial charge in [-0.05, 0) is 51.6 Å². The molecule has 8 heteroatoms. The smallest absolute Gasteiger partial charge is 0.315 e. The van der Waals surface area contributed by atoms with E-state index in [2.05, 4.69) is 38.4 Å². The molecule has 3 heterocycles. The zero-order chi connectivity index (χ0) is 23.5. The van der Waals surface area contributed by atoms with Crippen molar-refractivity contribution in [2.75, 3.05) is 52.4 Å². The highest BCUT2D eigenvalue weighted by Crippen LogP contribution is 2.23. The Bertz CT molecular complexity index is 686. The predicted octanol–water partition coefficient (Wildman–Crippen LogP) is 2.61. The van der Waals surface area contributed by atoms with Crippen LogP contribution in [-0.2, 0) is 4.79 Å². The van der Waals surface area contributed by atoms with E-state index in [-0.39, 0.29) is 24.0 Å². The van der Waals surface area contributed by atoms with E-state index in [1.165, 1.54) is 18.7 Å². The average molecular weight is 461 g/mol. The number of carbonyl (C=O) groups excluding carboxylic acids is 2. The van der Waals surface area contributed by atoms with Gasteiger partial charge in [-0.2, -0.15) is 0 Å². The first-order valence-corrected chi connectivity index (χ1v) is 13.1. The van der Waals surface area contributed by atoms with Crippen molar-refractivity contribution in [3.63, 3.8) is 0 Å². The lowest BCUT2D eigenvalue weighted by atomic mass is 9.92. The summed E-state index contributed by atoms with van der Waals surface area (Å²) in [7, 11) is 0. The third-order valence-corrected chi connectivity index (χ3v) is 7.10. The predicted molar refractivity (Wildman–Crippen MR) is 134 cm³/mol. The first kappa shape index (κ1) is 25.7. The number of carbonyl (C=O) groups is 2. The van der Waals surface area contributed by atoms with Crippen molar-refractivity contribution in [1.82, 2.24) is 25.3 Å². The fourth-order valence-electron chi connectivity index (χ4n) is 5.18. The number of hydrogen-bond acceptors (Lipinski definition) is 5. The lowest BCUT2D eigenvalue weighted by Crippen LogP contribution is -2.53. The van der Waals surface area contributed by atoms with Gasteiger partial charge in [0, 0.05) is 76.1 Å². The quantitative estimate of drug-likeness (QED) is 0.465. The van der Waals surface area contributed by atoms with Gasteiger partial charge in [-0.1, -0.05) is 19.9 Å². The van der Waals surface area contributed by atoms with Crippen molar-refractivity contribution < 1.29 is 9.59 Å². The first-order valence-electron chi connectivity index (χ1n) is 13.1. The second-order valence-electron chi connectivity index (χ2n) is 9.58. The maximum Gasteiger partial charge on any atom is 0.315 e. The summed E-state index contributed by atoms with van der Waals surface area (Å²) in [4.78, 5) is 36.4. The number of urea groups is 1. The fraction of sp³-hybridized carbons (Fsp3) is 0.800. The van der Waals surface area contributed by atoms with Crippen LogP contribution in [0.3, 0.4) is 0 Å². The van der Waals surface area contributed by atoms with Crippen molar-refractivity contribution in [1.29, 1.82) is 0 Å². The lowest BCUT2D eigenvalue weighted by molar-refractivity contribution is -0.134.